The maximum absolute atomic E-state index is 12.3. The summed E-state index contributed by atoms with van der Waals surface area (Å²) in [4.78, 5) is 22.9. The van der Waals surface area contributed by atoms with Gasteiger partial charge in [0.25, 0.3) is 5.69 Å². The summed E-state index contributed by atoms with van der Waals surface area (Å²) in [5.74, 6) is -0.385. The van der Waals surface area contributed by atoms with Gasteiger partial charge in [0.05, 0.1) is 16.4 Å². The SMILES string of the molecule is Cc1ccc(-c2ccc3nnc(SCC(=O)Nc4ccccc4[N+](=O)[O-])n3n2)cc1. The molecule has 9 nitrogen and oxygen atoms in total. The zero-order valence-electron chi connectivity index (χ0n) is 15.8. The molecule has 0 atom stereocenters. The van der Waals surface area contributed by atoms with Crippen LogP contribution in [0.4, 0.5) is 11.4 Å². The average Bonchev–Trinajstić information content (AvgIpc) is 3.15. The molecule has 2 heterocycles. The van der Waals surface area contributed by atoms with Gasteiger partial charge < -0.3 is 5.32 Å². The lowest BCUT2D eigenvalue weighted by Crippen LogP contribution is -2.15. The third kappa shape index (κ3) is 4.13. The Morgan fingerprint density at radius 2 is 1.87 bits per heavy atom. The van der Waals surface area contributed by atoms with Gasteiger partial charge in [0.15, 0.2) is 5.65 Å². The van der Waals surface area contributed by atoms with Crippen molar-refractivity contribution >= 4 is 34.7 Å². The van der Waals surface area contributed by atoms with Crippen LogP contribution >= 0.6 is 11.8 Å². The summed E-state index contributed by atoms with van der Waals surface area (Å²) < 4.78 is 1.58. The van der Waals surface area contributed by atoms with Crippen molar-refractivity contribution in [3.8, 4) is 11.3 Å². The molecule has 0 radical (unpaired) electrons. The fraction of sp³-hybridized carbons (Fsp3) is 0.100. The van der Waals surface area contributed by atoms with Crippen LogP contribution in [0.3, 0.4) is 0 Å². The van der Waals surface area contributed by atoms with Gasteiger partial charge in [-0.1, -0.05) is 53.7 Å². The molecule has 1 N–H and O–H groups in total. The van der Waals surface area contributed by atoms with E-state index in [0.29, 0.717) is 10.8 Å². The molecule has 4 aromatic rings. The van der Waals surface area contributed by atoms with Crippen molar-refractivity contribution < 1.29 is 9.72 Å². The number of para-hydroxylation sites is 2. The topological polar surface area (TPSA) is 115 Å². The number of benzene rings is 2. The standard InChI is InChI=1S/C20H16N6O3S/c1-13-6-8-14(9-7-13)15-10-11-18-22-23-20(25(18)24-15)30-12-19(27)21-16-4-2-3-5-17(16)26(28)29/h2-11H,12H2,1H3,(H,21,27). The molecule has 0 aliphatic rings. The molecule has 0 bridgehead atoms. The van der Waals surface area contributed by atoms with E-state index >= 15 is 0 Å². The van der Waals surface area contributed by atoms with Gasteiger partial charge in [0, 0.05) is 11.6 Å². The van der Waals surface area contributed by atoms with E-state index in [-0.39, 0.29) is 23.0 Å². The van der Waals surface area contributed by atoms with E-state index in [1.807, 2.05) is 43.3 Å². The Labute approximate surface area is 175 Å². The molecule has 1 amide bonds. The molecule has 0 fully saturated rings. The number of carbonyl (C=O) groups is 1. The van der Waals surface area contributed by atoms with Crippen LogP contribution in [-0.2, 0) is 4.79 Å². The first-order chi connectivity index (χ1) is 14.5. The highest BCUT2D eigenvalue weighted by Gasteiger charge is 2.16. The minimum atomic E-state index is -0.536. The zero-order chi connectivity index (χ0) is 21.1. The summed E-state index contributed by atoms with van der Waals surface area (Å²) >= 11 is 1.15. The maximum atomic E-state index is 12.3. The van der Waals surface area contributed by atoms with Gasteiger partial charge in [-0.2, -0.15) is 9.61 Å². The number of fused-ring (bicyclic) bond motifs is 1. The summed E-state index contributed by atoms with van der Waals surface area (Å²) in [6.45, 7) is 2.02. The smallest absolute Gasteiger partial charge is 0.292 e. The molecule has 0 saturated heterocycles. The number of nitrogens with zero attached hydrogens (tertiary/aromatic N) is 5. The number of anilines is 1. The molecular formula is C20H16N6O3S. The molecular weight excluding hydrogens is 404 g/mol. The second-order valence-electron chi connectivity index (χ2n) is 6.45. The number of hydrogen-bond acceptors (Lipinski definition) is 7. The number of thioether (sulfide) groups is 1. The number of carbonyl (C=O) groups excluding carboxylic acids is 1. The number of amides is 1. The lowest BCUT2D eigenvalue weighted by Gasteiger charge is -2.06. The van der Waals surface area contributed by atoms with E-state index < -0.39 is 4.92 Å². The van der Waals surface area contributed by atoms with Crippen molar-refractivity contribution in [1.82, 2.24) is 19.8 Å². The molecule has 4 rings (SSSR count). The molecule has 150 valence electrons. The van der Waals surface area contributed by atoms with Gasteiger partial charge in [0.2, 0.25) is 11.1 Å². The molecule has 0 unspecified atom stereocenters. The van der Waals surface area contributed by atoms with Gasteiger partial charge in [-0.05, 0) is 25.1 Å². The third-order valence-electron chi connectivity index (χ3n) is 4.29. The Bertz CT molecular complexity index is 1240. The summed E-state index contributed by atoms with van der Waals surface area (Å²) in [5.41, 5.74) is 3.43. The zero-order valence-corrected chi connectivity index (χ0v) is 16.7. The maximum Gasteiger partial charge on any atom is 0.292 e. The highest BCUT2D eigenvalue weighted by molar-refractivity contribution is 7.99. The molecule has 10 heteroatoms. The third-order valence-corrected chi connectivity index (χ3v) is 5.21. The molecule has 0 saturated carbocycles. The van der Waals surface area contributed by atoms with Crippen LogP contribution in [-0.4, -0.2) is 36.4 Å². The van der Waals surface area contributed by atoms with Crippen molar-refractivity contribution in [2.24, 2.45) is 0 Å². The Morgan fingerprint density at radius 3 is 2.63 bits per heavy atom. The van der Waals surface area contributed by atoms with Crippen LogP contribution in [0, 0.1) is 17.0 Å². The van der Waals surface area contributed by atoms with Crippen molar-refractivity contribution in [2.75, 3.05) is 11.1 Å². The van der Waals surface area contributed by atoms with Crippen LogP contribution in [0.15, 0.2) is 65.8 Å². The van der Waals surface area contributed by atoms with E-state index in [4.69, 9.17) is 0 Å². The molecule has 2 aromatic carbocycles. The first kappa shape index (κ1) is 19.5. The number of aromatic nitrogens is 4. The predicted molar refractivity (Wildman–Crippen MR) is 113 cm³/mol. The van der Waals surface area contributed by atoms with Crippen LogP contribution in [0.2, 0.25) is 0 Å². The Morgan fingerprint density at radius 1 is 1.10 bits per heavy atom. The van der Waals surface area contributed by atoms with Crippen molar-refractivity contribution in [3.05, 3.63) is 76.3 Å². The molecule has 0 spiro atoms. The van der Waals surface area contributed by atoms with Gasteiger partial charge in [-0.25, -0.2) is 0 Å². The molecule has 0 aliphatic heterocycles. The number of aryl methyl sites for hydroxylation is 1. The van der Waals surface area contributed by atoms with Crippen LogP contribution in [0.1, 0.15) is 5.56 Å². The van der Waals surface area contributed by atoms with Gasteiger partial charge in [-0.15, -0.1) is 10.2 Å². The summed E-state index contributed by atoms with van der Waals surface area (Å²) in [6.07, 6.45) is 0. The quantitative estimate of drug-likeness (QED) is 0.287. The molecule has 30 heavy (non-hydrogen) atoms. The fourth-order valence-corrected chi connectivity index (χ4v) is 3.48. The second-order valence-corrected chi connectivity index (χ2v) is 7.39. The van der Waals surface area contributed by atoms with E-state index in [1.54, 1.807) is 16.6 Å². The van der Waals surface area contributed by atoms with Crippen molar-refractivity contribution in [1.29, 1.82) is 0 Å². The molecule has 0 aliphatic carbocycles. The number of rotatable bonds is 6. The molecule has 2 aromatic heterocycles. The normalized spacial score (nSPS) is 10.8. The summed E-state index contributed by atoms with van der Waals surface area (Å²) in [7, 11) is 0. The van der Waals surface area contributed by atoms with Gasteiger partial charge >= 0.3 is 0 Å². The average molecular weight is 420 g/mol. The first-order valence-electron chi connectivity index (χ1n) is 8.97. The van der Waals surface area contributed by atoms with Crippen molar-refractivity contribution in [3.63, 3.8) is 0 Å². The van der Waals surface area contributed by atoms with E-state index in [9.17, 15) is 14.9 Å². The minimum Gasteiger partial charge on any atom is -0.320 e. The number of hydrogen-bond donors (Lipinski definition) is 1. The number of nitrogens with one attached hydrogen (secondary N) is 1. The van der Waals surface area contributed by atoms with E-state index in [1.165, 1.54) is 12.1 Å². The first-order valence-corrected chi connectivity index (χ1v) is 9.95. The highest BCUT2D eigenvalue weighted by Crippen LogP contribution is 2.24. The van der Waals surface area contributed by atoms with Crippen LogP contribution in [0.5, 0.6) is 0 Å². The van der Waals surface area contributed by atoms with Crippen molar-refractivity contribution in [2.45, 2.75) is 12.1 Å². The van der Waals surface area contributed by atoms with Crippen LogP contribution in [0.25, 0.3) is 16.9 Å². The highest BCUT2D eigenvalue weighted by atomic mass is 32.2. The summed E-state index contributed by atoms with van der Waals surface area (Å²) in [5, 5.41) is 26.9. The second kappa shape index (κ2) is 8.29. The number of nitro groups is 1. The minimum absolute atomic E-state index is 0.00326. The predicted octanol–water partition coefficient (Wildman–Crippen LogP) is 3.74. The Hall–Kier alpha value is -3.79. The summed E-state index contributed by atoms with van der Waals surface area (Å²) in [6, 6.07) is 17.7. The van der Waals surface area contributed by atoms with E-state index in [0.717, 1.165) is 28.6 Å². The van der Waals surface area contributed by atoms with E-state index in [2.05, 4.69) is 20.6 Å². The lowest BCUT2D eigenvalue weighted by atomic mass is 10.1. The fourth-order valence-electron chi connectivity index (χ4n) is 2.79. The van der Waals surface area contributed by atoms with Crippen LogP contribution < -0.4 is 5.32 Å². The Balaban J connectivity index is 1.50. The lowest BCUT2D eigenvalue weighted by molar-refractivity contribution is -0.383. The largest absolute Gasteiger partial charge is 0.320 e. The number of nitro benzene ring substituents is 1. The Kier molecular flexibility index (Phi) is 5.40. The van der Waals surface area contributed by atoms with Gasteiger partial charge in [0.1, 0.15) is 5.69 Å². The monoisotopic (exact) mass is 420 g/mol. The van der Waals surface area contributed by atoms with Gasteiger partial charge in [-0.3, -0.25) is 14.9 Å².